The molecule has 0 spiro atoms. The standard InChI is InChI=1S/C12H20O3/c1-10(13)15-12(14)9-11-7-5-3-2-4-6-8-11/h11H,2-9H2,1H3. The van der Waals surface area contributed by atoms with Gasteiger partial charge in [-0.05, 0) is 18.8 Å². The summed E-state index contributed by atoms with van der Waals surface area (Å²) in [4.78, 5) is 21.9. The van der Waals surface area contributed by atoms with E-state index in [0.29, 0.717) is 12.3 Å². The van der Waals surface area contributed by atoms with Gasteiger partial charge in [-0.1, -0.05) is 32.1 Å². The lowest BCUT2D eigenvalue weighted by atomic mass is 9.89. The molecule has 0 unspecified atom stereocenters. The van der Waals surface area contributed by atoms with Crippen molar-refractivity contribution >= 4 is 11.9 Å². The molecule has 0 amide bonds. The van der Waals surface area contributed by atoms with Gasteiger partial charge in [0.2, 0.25) is 0 Å². The summed E-state index contributed by atoms with van der Waals surface area (Å²) in [6.07, 6.45) is 8.91. The molecule has 0 N–H and O–H groups in total. The van der Waals surface area contributed by atoms with Crippen LogP contribution in [0.5, 0.6) is 0 Å². The smallest absolute Gasteiger partial charge is 0.313 e. The van der Waals surface area contributed by atoms with Crippen LogP contribution in [0, 0.1) is 5.92 Å². The number of hydrogen-bond donors (Lipinski definition) is 0. The van der Waals surface area contributed by atoms with Crippen molar-refractivity contribution in [2.45, 2.75) is 58.3 Å². The van der Waals surface area contributed by atoms with Crippen molar-refractivity contribution in [2.75, 3.05) is 0 Å². The molecule has 0 radical (unpaired) electrons. The van der Waals surface area contributed by atoms with Crippen LogP contribution in [-0.4, -0.2) is 11.9 Å². The number of ether oxygens (including phenoxy) is 1. The lowest BCUT2D eigenvalue weighted by Gasteiger charge is -2.18. The number of carbonyl (C=O) groups excluding carboxylic acids is 2. The number of hydrogen-bond acceptors (Lipinski definition) is 3. The van der Waals surface area contributed by atoms with Crippen molar-refractivity contribution in [1.29, 1.82) is 0 Å². The largest absolute Gasteiger partial charge is 0.393 e. The Morgan fingerprint density at radius 1 is 1.07 bits per heavy atom. The van der Waals surface area contributed by atoms with Crippen molar-refractivity contribution in [2.24, 2.45) is 5.92 Å². The maximum Gasteiger partial charge on any atom is 0.313 e. The molecule has 1 saturated carbocycles. The predicted octanol–water partition coefficient (Wildman–Crippen LogP) is 2.83. The van der Waals surface area contributed by atoms with E-state index in [1.165, 1.54) is 39.0 Å². The molecule has 3 heteroatoms. The summed E-state index contributed by atoms with van der Waals surface area (Å²) in [6, 6.07) is 0. The molecular formula is C12H20O3. The van der Waals surface area contributed by atoms with E-state index in [1.54, 1.807) is 0 Å². The summed E-state index contributed by atoms with van der Waals surface area (Å²) in [6.45, 7) is 1.27. The third-order valence-corrected chi connectivity index (χ3v) is 2.94. The molecule has 1 aliphatic rings. The highest BCUT2D eigenvalue weighted by Crippen LogP contribution is 2.24. The normalized spacial score (nSPS) is 19.0. The van der Waals surface area contributed by atoms with Gasteiger partial charge in [0, 0.05) is 13.3 Å². The summed E-state index contributed by atoms with van der Waals surface area (Å²) in [5.41, 5.74) is 0. The van der Waals surface area contributed by atoms with Gasteiger partial charge in [0.05, 0.1) is 0 Å². The number of esters is 2. The van der Waals surface area contributed by atoms with E-state index in [2.05, 4.69) is 4.74 Å². The van der Waals surface area contributed by atoms with Crippen LogP contribution in [0.3, 0.4) is 0 Å². The van der Waals surface area contributed by atoms with Crippen LogP contribution in [0.1, 0.15) is 58.3 Å². The molecule has 0 saturated heterocycles. The lowest BCUT2D eigenvalue weighted by Crippen LogP contribution is -2.15. The summed E-state index contributed by atoms with van der Waals surface area (Å²) in [7, 11) is 0. The van der Waals surface area contributed by atoms with Crippen molar-refractivity contribution in [1.82, 2.24) is 0 Å². The van der Waals surface area contributed by atoms with E-state index in [4.69, 9.17) is 0 Å². The molecule has 1 aliphatic carbocycles. The fourth-order valence-corrected chi connectivity index (χ4v) is 2.18. The highest BCUT2D eigenvalue weighted by molar-refractivity contribution is 5.84. The summed E-state index contributed by atoms with van der Waals surface area (Å²) >= 11 is 0. The molecule has 0 aromatic rings. The average Bonchev–Trinajstić information content (AvgIpc) is 2.08. The first-order valence-electron chi connectivity index (χ1n) is 5.89. The molecule has 0 aromatic heterocycles. The Kier molecular flexibility index (Phi) is 5.37. The van der Waals surface area contributed by atoms with Gasteiger partial charge in [-0.3, -0.25) is 9.59 Å². The zero-order valence-corrected chi connectivity index (χ0v) is 9.46. The van der Waals surface area contributed by atoms with Crippen molar-refractivity contribution in [3.05, 3.63) is 0 Å². The molecule has 0 aromatic carbocycles. The van der Waals surface area contributed by atoms with Crippen molar-refractivity contribution in [3.8, 4) is 0 Å². The minimum atomic E-state index is -0.495. The molecule has 1 fully saturated rings. The summed E-state index contributed by atoms with van der Waals surface area (Å²) in [5.74, 6) is -0.420. The van der Waals surface area contributed by atoms with Crippen LogP contribution in [0.2, 0.25) is 0 Å². The van der Waals surface area contributed by atoms with Crippen molar-refractivity contribution in [3.63, 3.8) is 0 Å². The maximum absolute atomic E-state index is 11.3. The van der Waals surface area contributed by atoms with Crippen LogP contribution in [0.15, 0.2) is 0 Å². The minimum Gasteiger partial charge on any atom is -0.393 e. The topological polar surface area (TPSA) is 43.4 Å². The van der Waals surface area contributed by atoms with Gasteiger partial charge in [0.25, 0.3) is 0 Å². The number of carbonyl (C=O) groups is 2. The SMILES string of the molecule is CC(=O)OC(=O)CC1CCCCCCC1. The highest BCUT2D eigenvalue weighted by Gasteiger charge is 2.17. The van der Waals surface area contributed by atoms with Gasteiger partial charge >= 0.3 is 11.9 Å². The first kappa shape index (κ1) is 12.2. The van der Waals surface area contributed by atoms with Gasteiger partial charge in [0.15, 0.2) is 0 Å². The van der Waals surface area contributed by atoms with Gasteiger partial charge < -0.3 is 4.74 Å². The first-order valence-corrected chi connectivity index (χ1v) is 5.89. The molecule has 3 nitrogen and oxygen atoms in total. The fraction of sp³-hybridized carbons (Fsp3) is 0.833. The lowest BCUT2D eigenvalue weighted by molar-refractivity contribution is -0.158. The summed E-state index contributed by atoms with van der Waals surface area (Å²) < 4.78 is 4.55. The van der Waals surface area contributed by atoms with E-state index in [9.17, 15) is 9.59 Å². The highest BCUT2D eigenvalue weighted by atomic mass is 16.6. The number of rotatable bonds is 2. The van der Waals surface area contributed by atoms with E-state index >= 15 is 0 Å². The molecule has 0 aliphatic heterocycles. The zero-order valence-electron chi connectivity index (χ0n) is 9.46. The molecule has 0 bridgehead atoms. The van der Waals surface area contributed by atoms with E-state index in [0.717, 1.165) is 12.8 Å². The van der Waals surface area contributed by atoms with Gasteiger partial charge in [0.1, 0.15) is 0 Å². The third kappa shape index (κ3) is 5.55. The average molecular weight is 212 g/mol. The molecule has 1 rings (SSSR count). The monoisotopic (exact) mass is 212 g/mol. The molecule has 15 heavy (non-hydrogen) atoms. The Labute approximate surface area is 91.2 Å². The second-order valence-corrected chi connectivity index (χ2v) is 4.38. The molecular weight excluding hydrogens is 192 g/mol. The molecule has 0 atom stereocenters. The zero-order chi connectivity index (χ0) is 11.1. The van der Waals surface area contributed by atoms with Gasteiger partial charge in [-0.25, -0.2) is 0 Å². The van der Waals surface area contributed by atoms with Crippen LogP contribution in [-0.2, 0) is 14.3 Å². The van der Waals surface area contributed by atoms with E-state index in [-0.39, 0.29) is 5.97 Å². The van der Waals surface area contributed by atoms with Gasteiger partial charge in [-0.2, -0.15) is 0 Å². The van der Waals surface area contributed by atoms with Crippen LogP contribution in [0.25, 0.3) is 0 Å². The first-order chi connectivity index (χ1) is 7.18. The Morgan fingerprint density at radius 2 is 1.60 bits per heavy atom. The van der Waals surface area contributed by atoms with Gasteiger partial charge in [-0.15, -0.1) is 0 Å². The second kappa shape index (κ2) is 6.59. The van der Waals surface area contributed by atoms with Crippen LogP contribution < -0.4 is 0 Å². The van der Waals surface area contributed by atoms with Crippen molar-refractivity contribution < 1.29 is 14.3 Å². The van der Waals surface area contributed by atoms with E-state index < -0.39 is 5.97 Å². The predicted molar refractivity (Wildman–Crippen MR) is 57.2 cm³/mol. The quantitative estimate of drug-likeness (QED) is 0.522. The Morgan fingerprint density at radius 3 is 2.13 bits per heavy atom. The van der Waals surface area contributed by atoms with Crippen LogP contribution in [0.4, 0.5) is 0 Å². The Balaban J connectivity index is 2.28. The minimum absolute atomic E-state index is 0.354. The summed E-state index contributed by atoms with van der Waals surface area (Å²) in [5, 5.41) is 0. The third-order valence-electron chi connectivity index (χ3n) is 2.94. The Hall–Kier alpha value is -0.860. The second-order valence-electron chi connectivity index (χ2n) is 4.38. The molecule has 0 heterocycles. The Bertz CT molecular complexity index is 215. The molecule has 86 valence electrons. The van der Waals surface area contributed by atoms with Crippen LogP contribution >= 0.6 is 0 Å². The maximum atomic E-state index is 11.3. The fourth-order valence-electron chi connectivity index (χ4n) is 2.18. The van der Waals surface area contributed by atoms with E-state index in [1.807, 2.05) is 0 Å².